The second-order valence-electron chi connectivity index (χ2n) is 9.81. The molecule has 11 nitrogen and oxygen atoms in total. The normalized spacial score (nSPS) is 11.3. The number of rotatable bonds is 36. The van der Waals surface area contributed by atoms with Gasteiger partial charge in [0.1, 0.15) is 18.6 Å². The summed E-state index contributed by atoms with van der Waals surface area (Å²) in [6.07, 6.45) is 8.47. The quantitative estimate of drug-likeness (QED) is 0.0778. The number of carbonyl (C=O) groups excluding carboxylic acids is 1. The second-order valence-corrected chi connectivity index (χ2v) is 9.81. The number of hydrogen-bond acceptors (Lipinski definition) is 11. The van der Waals surface area contributed by atoms with Crippen LogP contribution in [-0.4, -0.2) is 132 Å². The van der Waals surface area contributed by atoms with E-state index < -0.39 is 0 Å². The summed E-state index contributed by atoms with van der Waals surface area (Å²) in [5.41, 5.74) is 0.621. The van der Waals surface area contributed by atoms with E-state index in [0.717, 1.165) is 19.3 Å². The lowest BCUT2D eigenvalue weighted by Gasteiger charge is -2.09. The molecule has 0 saturated carbocycles. The van der Waals surface area contributed by atoms with Crippen molar-refractivity contribution in [3.05, 3.63) is 29.8 Å². The molecule has 0 N–H and O–H groups in total. The van der Waals surface area contributed by atoms with Crippen molar-refractivity contribution in [1.82, 2.24) is 0 Å². The van der Waals surface area contributed by atoms with Crippen LogP contribution in [0.3, 0.4) is 0 Å². The van der Waals surface area contributed by atoms with E-state index in [2.05, 4.69) is 6.92 Å². The molecule has 0 unspecified atom stereocenters. The summed E-state index contributed by atoms with van der Waals surface area (Å²) in [6.45, 7) is 12.5. The minimum Gasteiger partial charge on any atom is -0.491 e. The second kappa shape index (κ2) is 34.2. The Kier molecular flexibility index (Phi) is 31.4. The first-order valence-electron chi connectivity index (χ1n) is 16.2. The first-order valence-corrected chi connectivity index (χ1v) is 16.2. The molecule has 0 fully saturated rings. The summed E-state index contributed by atoms with van der Waals surface area (Å²) in [6, 6.07) is 6.95. The van der Waals surface area contributed by atoms with Crippen molar-refractivity contribution in [3.63, 3.8) is 0 Å². The van der Waals surface area contributed by atoms with E-state index in [1.807, 2.05) is 0 Å². The fourth-order valence-electron chi connectivity index (χ4n) is 3.71. The Morgan fingerprint density at radius 1 is 0.409 bits per heavy atom. The maximum absolute atomic E-state index is 10.6. The number of aldehydes is 1. The Bertz CT molecular complexity index is 705. The Labute approximate surface area is 265 Å². The minimum atomic E-state index is 0.436. The lowest BCUT2D eigenvalue weighted by molar-refractivity contribution is -0.0254. The molecule has 0 aromatic heterocycles. The molecule has 0 aliphatic heterocycles. The average molecular weight is 631 g/mol. The Hall–Kier alpha value is -1.67. The minimum absolute atomic E-state index is 0.436. The highest BCUT2D eigenvalue weighted by atomic mass is 16.6. The third-order valence-electron chi connectivity index (χ3n) is 6.13. The Morgan fingerprint density at radius 2 is 0.727 bits per heavy atom. The lowest BCUT2D eigenvalue weighted by atomic mass is 10.1. The van der Waals surface area contributed by atoms with E-state index in [0.29, 0.717) is 130 Å². The molecule has 0 radical (unpaired) electrons. The lowest BCUT2D eigenvalue weighted by Crippen LogP contribution is -2.15. The molecule has 0 heterocycles. The zero-order chi connectivity index (χ0) is 31.4. The largest absolute Gasteiger partial charge is 0.491 e. The van der Waals surface area contributed by atoms with Gasteiger partial charge in [-0.2, -0.15) is 0 Å². The van der Waals surface area contributed by atoms with E-state index >= 15 is 0 Å². The summed E-state index contributed by atoms with van der Waals surface area (Å²) in [7, 11) is 0. The number of carbonyl (C=O) groups is 1. The number of benzene rings is 1. The van der Waals surface area contributed by atoms with Gasteiger partial charge in [-0.15, -0.1) is 0 Å². The maximum atomic E-state index is 10.6. The zero-order valence-electron chi connectivity index (χ0n) is 27.1. The van der Waals surface area contributed by atoms with Crippen LogP contribution < -0.4 is 4.74 Å². The number of hydrogen-bond donors (Lipinski definition) is 0. The van der Waals surface area contributed by atoms with Gasteiger partial charge in [-0.05, 0) is 30.7 Å². The monoisotopic (exact) mass is 630 g/mol. The summed E-state index contributed by atoms with van der Waals surface area (Å²) < 4.78 is 55.0. The van der Waals surface area contributed by atoms with Gasteiger partial charge >= 0.3 is 0 Å². The van der Waals surface area contributed by atoms with Crippen LogP contribution in [0, 0.1) is 0 Å². The van der Waals surface area contributed by atoms with Gasteiger partial charge in [0.05, 0.1) is 112 Å². The van der Waals surface area contributed by atoms with Crippen molar-refractivity contribution < 1.29 is 52.2 Å². The van der Waals surface area contributed by atoms with Gasteiger partial charge in [-0.3, -0.25) is 4.79 Å². The first-order chi connectivity index (χ1) is 21.9. The third kappa shape index (κ3) is 29.1. The third-order valence-corrected chi connectivity index (χ3v) is 6.13. The van der Waals surface area contributed by atoms with E-state index in [-0.39, 0.29) is 0 Å². The summed E-state index contributed by atoms with van der Waals surface area (Å²) in [5.74, 6) is 0.708. The van der Waals surface area contributed by atoms with Crippen LogP contribution in [0.1, 0.15) is 55.8 Å². The number of unbranched alkanes of at least 4 members (excludes halogenated alkanes) is 5. The molecule has 1 aromatic rings. The van der Waals surface area contributed by atoms with Gasteiger partial charge in [0.15, 0.2) is 0 Å². The SMILES string of the molecule is CCCCCCCCOCCOCCOCCOCCOCCOCCOCCOCCOCCOc1ccc(C=O)cc1. The summed E-state index contributed by atoms with van der Waals surface area (Å²) in [4.78, 5) is 10.6. The average Bonchev–Trinajstić information content (AvgIpc) is 3.05. The van der Waals surface area contributed by atoms with E-state index in [1.54, 1.807) is 24.3 Å². The van der Waals surface area contributed by atoms with Crippen LogP contribution >= 0.6 is 0 Å². The van der Waals surface area contributed by atoms with Crippen molar-refractivity contribution in [2.75, 3.05) is 126 Å². The van der Waals surface area contributed by atoms with Crippen LogP contribution in [0.5, 0.6) is 5.75 Å². The van der Waals surface area contributed by atoms with Crippen molar-refractivity contribution in [2.45, 2.75) is 45.4 Å². The number of ether oxygens (including phenoxy) is 10. The zero-order valence-corrected chi connectivity index (χ0v) is 27.1. The van der Waals surface area contributed by atoms with Gasteiger partial charge in [-0.1, -0.05) is 39.0 Å². The van der Waals surface area contributed by atoms with Crippen LogP contribution in [-0.2, 0) is 42.6 Å². The molecular formula is C33H58O11. The Balaban J connectivity index is 1.64. The van der Waals surface area contributed by atoms with Crippen LogP contribution in [0.25, 0.3) is 0 Å². The van der Waals surface area contributed by atoms with Gasteiger partial charge in [-0.25, -0.2) is 0 Å². The van der Waals surface area contributed by atoms with Crippen molar-refractivity contribution >= 4 is 6.29 Å². The smallest absolute Gasteiger partial charge is 0.150 e. The van der Waals surface area contributed by atoms with Gasteiger partial charge in [0, 0.05) is 12.2 Å². The fourth-order valence-corrected chi connectivity index (χ4v) is 3.71. The standard InChI is InChI=1S/C33H58O11/c1-2-3-4-5-6-7-12-35-13-14-36-15-16-37-17-18-38-19-20-39-21-22-40-23-24-41-25-26-42-27-28-43-29-30-44-33-10-8-32(31-34)9-11-33/h8-11,31H,2-7,12-30H2,1H3. The fraction of sp³-hybridized carbons (Fsp3) is 0.788. The molecule has 44 heavy (non-hydrogen) atoms. The van der Waals surface area contributed by atoms with E-state index in [9.17, 15) is 4.79 Å². The van der Waals surface area contributed by atoms with Gasteiger partial charge in [0.2, 0.25) is 0 Å². The molecular weight excluding hydrogens is 572 g/mol. The molecule has 0 aliphatic rings. The van der Waals surface area contributed by atoms with Crippen molar-refractivity contribution in [1.29, 1.82) is 0 Å². The van der Waals surface area contributed by atoms with Crippen LogP contribution in [0.2, 0.25) is 0 Å². The maximum Gasteiger partial charge on any atom is 0.150 e. The molecule has 0 atom stereocenters. The van der Waals surface area contributed by atoms with Gasteiger partial charge < -0.3 is 47.4 Å². The van der Waals surface area contributed by atoms with Crippen molar-refractivity contribution in [2.24, 2.45) is 0 Å². The molecule has 0 saturated heterocycles. The molecule has 1 aromatic carbocycles. The van der Waals surface area contributed by atoms with E-state index in [4.69, 9.17) is 47.4 Å². The molecule has 11 heteroatoms. The van der Waals surface area contributed by atoms with Crippen molar-refractivity contribution in [3.8, 4) is 5.75 Å². The van der Waals surface area contributed by atoms with Crippen LogP contribution in [0.15, 0.2) is 24.3 Å². The Morgan fingerprint density at radius 3 is 1.09 bits per heavy atom. The predicted octanol–water partition coefficient (Wildman–Crippen LogP) is 4.39. The molecule has 256 valence electrons. The van der Waals surface area contributed by atoms with E-state index in [1.165, 1.54) is 32.1 Å². The molecule has 1 rings (SSSR count). The van der Waals surface area contributed by atoms with Gasteiger partial charge in [0.25, 0.3) is 0 Å². The first kappa shape index (κ1) is 40.4. The predicted molar refractivity (Wildman–Crippen MR) is 168 cm³/mol. The summed E-state index contributed by atoms with van der Waals surface area (Å²) in [5, 5.41) is 0. The molecule has 0 amide bonds. The van der Waals surface area contributed by atoms with Crippen LogP contribution in [0.4, 0.5) is 0 Å². The molecule has 0 aliphatic carbocycles. The molecule has 0 bridgehead atoms. The summed E-state index contributed by atoms with van der Waals surface area (Å²) >= 11 is 0. The highest BCUT2D eigenvalue weighted by molar-refractivity contribution is 5.74. The molecule has 0 spiro atoms. The topological polar surface area (TPSA) is 109 Å². The highest BCUT2D eigenvalue weighted by Crippen LogP contribution is 2.10. The highest BCUT2D eigenvalue weighted by Gasteiger charge is 1.98.